The first kappa shape index (κ1) is 9.86. The Bertz CT molecular complexity index is 309. The quantitative estimate of drug-likeness (QED) is 0.642. The summed E-state index contributed by atoms with van der Waals surface area (Å²) in [6.45, 7) is 6.66. The topological polar surface area (TPSA) is 17.1 Å². The number of carbonyl (C=O) groups excluding carboxylic acids is 1. The number of ketones is 1. The molecule has 4 aliphatic carbocycles. The van der Waals surface area contributed by atoms with Gasteiger partial charge in [0.2, 0.25) is 0 Å². The van der Waals surface area contributed by atoms with Crippen LogP contribution < -0.4 is 0 Å². The Labute approximate surface area is 92.6 Å². The van der Waals surface area contributed by atoms with Gasteiger partial charge in [-0.3, -0.25) is 4.79 Å². The van der Waals surface area contributed by atoms with Crippen molar-refractivity contribution in [3.8, 4) is 0 Å². The lowest BCUT2D eigenvalue weighted by Gasteiger charge is -2.65. The molecule has 0 heterocycles. The predicted molar refractivity (Wildman–Crippen MR) is 60.5 cm³/mol. The minimum absolute atomic E-state index is 0.427. The van der Waals surface area contributed by atoms with Gasteiger partial charge in [0.1, 0.15) is 5.78 Å². The van der Waals surface area contributed by atoms with Crippen molar-refractivity contribution in [1.82, 2.24) is 0 Å². The van der Waals surface area contributed by atoms with Crippen LogP contribution in [0.1, 0.15) is 52.9 Å². The molecule has 2 bridgehead atoms. The van der Waals surface area contributed by atoms with Crippen molar-refractivity contribution in [2.45, 2.75) is 52.9 Å². The van der Waals surface area contributed by atoms with Gasteiger partial charge in [-0.05, 0) is 61.7 Å². The summed E-state index contributed by atoms with van der Waals surface area (Å²) < 4.78 is 0. The van der Waals surface area contributed by atoms with Crippen LogP contribution in [0.3, 0.4) is 0 Å². The van der Waals surface area contributed by atoms with Gasteiger partial charge < -0.3 is 0 Å². The van der Waals surface area contributed by atoms with Crippen LogP contribution in [0.25, 0.3) is 0 Å². The van der Waals surface area contributed by atoms with E-state index in [0.717, 1.165) is 11.8 Å². The molecule has 1 nitrogen and oxygen atoms in total. The Morgan fingerprint density at radius 1 is 1.27 bits per heavy atom. The Morgan fingerprint density at radius 2 is 1.93 bits per heavy atom. The summed E-state index contributed by atoms with van der Waals surface area (Å²) in [6.07, 6.45) is 6.72. The Balaban J connectivity index is 1.91. The van der Waals surface area contributed by atoms with E-state index in [1.54, 1.807) is 6.92 Å². The lowest BCUT2D eigenvalue weighted by molar-refractivity contribution is -0.180. The molecule has 1 spiro atoms. The van der Waals surface area contributed by atoms with Gasteiger partial charge in [-0.15, -0.1) is 0 Å². The van der Waals surface area contributed by atoms with Crippen molar-refractivity contribution in [3.63, 3.8) is 0 Å². The fourth-order valence-corrected chi connectivity index (χ4v) is 4.99. The number of rotatable bonds is 1. The molecule has 0 aliphatic heterocycles. The van der Waals surface area contributed by atoms with E-state index in [0.29, 0.717) is 22.5 Å². The maximum Gasteiger partial charge on any atom is 0.133 e. The Morgan fingerprint density at radius 3 is 2.53 bits per heavy atom. The maximum atomic E-state index is 11.6. The molecule has 0 saturated heterocycles. The van der Waals surface area contributed by atoms with Crippen LogP contribution in [-0.4, -0.2) is 5.78 Å². The molecule has 2 atom stereocenters. The summed E-state index contributed by atoms with van der Waals surface area (Å²) in [5.41, 5.74) is 0.966. The number of hydrogen-bond acceptors (Lipinski definition) is 1. The highest BCUT2D eigenvalue weighted by Gasteiger charge is 2.67. The predicted octanol–water partition coefficient (Wildman–Crippen LogP) is 3.43. The van der Waals surface area contributed by atoms with Crippen LogP contribution in [0.4, 0.5) is 0 Å². The van der Waals surface area contributed by atoms with Gasteiger partial charge in [0, 0.05) is 5.92 Å². The Kier molecular flexibility index (Phi) is 1.76. The third-order valence-electron chi connectivity index (χ3n) is 5.83. The summed E-state index contributed by atoms with van der Waals surface area (Å²) in [6, 6.07) is 0. The molecule has 4 saturated carbocycles. The highest BCUT2D eigenvalue weighted by molar-refractivity contribution is 5.80. The van der Waals surface area contributed by atoms with E-state index in [-0.39, 0.29) is 0 Å². The van der Waals surface area contributed by atoms with Crippen molar-refractivity contribution in [3.05, 3.63) is 0 Å². The van der Waals surface area contributed by atoms with Gasteiger partial charge in [-0.1, -0.05) is 13.8 Å². The van der Waals surface area contributed by atoms with Crippen LogP contribution in [0.5, 0.6) is 0 Å². The molecule has 0 aromatic heterocycles. The first-order valence-electron chi connectivity index (χ1n) is 6.46. The van der Waals surface area contributed by atoms with Gasteiger partial charge in [0.25, 0.3) is 0 Å². The van der Waals surface area contributed by atoms with E-state index in [1.807, 2.05) is 0 Å². The molecule has 0 amide bonds. The van der Waals surface area contributed by atoms with Crippen LogP contribution in [-0.2, 0) is 4.79 Å². The van der Waals surface area contributed by atoms with Crippen molar-refractivity contribution >= 4 is 5.78 Å². The van der Waals surface area contributed by atoms with Gasteiger partial charge in [-0.25, -0.2) is 0 Å². The Hall–Kier alpha value is -0.330. The number of fused-ring (bicyclic) bond motifs is 2. The van der Waals surface area contributed by atoms with Crippen LogP contribution in [0.15, 0.2) is 0 Å². The molecular formula is C14H22O. The van der Waals surface area contributed by atoms with Gasteiger partial charge >= 0.3 is 0 Å². The fourth-order valence-electron chi connectivity index (χ4n) is 4.99. The monoisotopic (exact) mass is 206 g/mol. The lowest BCUT2D eigenvalue weighted by atomic mass is 9.38. The highest BCUT2D eigenvalue weighted by Crippen LogP contribution is 2.73. The van der Waals surface area contributed by atoms with E-state index in [4.69, 9.17) is 0 Å². The standard InChI is InChI=1S/C14H22O/c1-9(15)11-6-12-13(2,3)5-4-10-7-14(11,12)8-10/h10-12H,4-8H2,1-3H3. The summed E-state index contributed by atoms with van der Waals surface area (Å²) in [5.74, 6) is 2.69. The number of hydrogen-bond donors (Lipinski definition) is 0. The first-order chi connectivity index (χ1) is 6.96. The zero-order valence-corrected chi connectivity index (χ0v) is 10.2. The largest absolute Gasteiger partial charge is 0.300 e. The molecular weight excluding hydrogens is 184 g/mol. The fraction of sp³-hybridized carbons (Fsp3) is 0.929. The molecule has 0 aromatic rings. The van der Waals surface area contributed by atoms with Crippen molar-refractivity contribution in [2.75, 3.05) is 0 Å². The third-order valence-corrected chi connectivity index (χ3v) is 5.83. The molecule has 4 rings (SSSR count). The average molecular weight is 206 g/mol. The lowest BCUT2D eigenvalue weighted by Crippen LogP contribution is -2.61. The van der Waals surface area contributed by atoms with Gasteiger partial charge in [0.15, 0.2) is 0 Å². The van der Waals surface area contributed by atoms with Gasteiger partial charge in [0.05, 0.1) is 0 Å². The number of carbonyl (C=O) groups is 1. The zero-order chi connectivity index (χ0) is 10.8. The van der Waals surface area contributed by atoms with Crippen LogP contribution in [0, 0.1) is 28.6 Å². The van der Waals surface area contributed by atoms with Crippen LogP contribution >= 0.6 is 0 Å². The molecule has 0 N–H and O–H groups in total. The van der Waals surface area contributed by atoms with Gasteiger partial charge in [-0.2, -0.15) is 0 Å². The minimum atomic E-state index is 0.427. The highest BCUT2D eigenvalue weighted by atomic mass is 16.1. The molecule has 0 radical (unpaired) electrons. The van der Waals surface area contributed by atoms with E-state index in [1.165, 1.54) is 32.1 Å². The molecule has 0 aromatic carbocycles. The molecule has 15 heavy (non-hydrogen) atoms. The number of Topliss-reactive ketones (excluding diaryl/α,β-unsaturated/α-hetero) is 1. The second kappa shape index (κ2) is 2.67. The first-order valence-corrected chi connectivity index (χ1v) is 6.46. The summed E-state index contributed by atoms with van der Waals surface area (Å²) in [7, 11) is 0. The van der Waals surface area contributed by atoms with E-state index in [2.05, 4.69) is 13.8 Å². The van der Waals surface area contributed by atoms with E-state index >= 15 is 0 Å². The van der Waals surface area contributed by atoms with E-state index in [9.17, 15) is 4.79 Å². The zero-order valence-electron chi connectivity index (χ0n) is 10.2. The summed E-state index contributed by atoms with van der Waals surface area (Å²) in [4.78, 5) is 11.6. The van der Waals surface area contributed by atoms with E-state index < -0.39 is 0 Å². The molecule has 84 valence electrons. The summed E-state index contributed by atoms with van der Waals surface area (Å²) >= 11 is 0. The molecule has 2 unspecified atom stereocenters. The molecule has 4 aliphatic rings. The van der Waals surface area contributed by atoms with Crippen molar-refractivity contribution in [1.29, 1.82) is 0 Å². The maximum absolute atomic E-state index is 11.6. The second-order valence-corrected chi connectivity index (χ2v) is 6.99. The second-order valence-electron chi connectivity index (χ2n) is 6.99. The normalized spacial score (nSPS) is 50.7. The SMILES string of the molecule is CC(=O)C1CC2C(C)(C)CCC3CC12C3. The molecule has 4 fully saturated rings. The minimum Gasteiger partial charge on any atom is -0.300 e. The van der Waals surface area contributed by atoms with Crippen molar-refractivity contribution < 1.29 is 4.79 Å². The third kappa shape index (κ3) is 1.07. The summed E-state index contributed by atoms with van der Waals surface area (Å²) in [5, 5.41) is 0. The smallest absolute Gasteiger partial charge is 0.133 e. The molecule has 1 heteroatoms. The average Bonchev–Trinajstić information content (AvgIpc) is 2.07. The van der Waals surface area contributed by atoms with Crippen LogP contribution in [0.2, 0.25) is 0 Å². The van der Waals surface area contributed by atoms with Crippen molar-refractivity contribution in [2.24, 2.45) is 28.6 Å².